The number of rotatable bonds is 2. The highest BCUT2D eigenvalue weighted by atomic mass is 32.2. The Hall–Kier alpha value is -2.18. The first-order valence-electron chi connectivity index (χ1n) is 9.82. The Balaban J connectivity index is 1.86. The summed E-state index contributed by atoms with van der Waals surface area (Å²) in [6.45, 7) is 12.3. The van der Waals surface area contributed by atoms with E-state index in [1.165, 1.54) is 4.31 Å². The molecule has 2 heterocycles. The van der Waals surface area contributed by atoms with Gasteiger partial charge in [-0.05, 0) is 56.5 Å². The second-order valence-electron chi connectivity index (χ2n) is 9.23. The molecule has 2 aliphatic heterocycles. The summed E-state index contributed by atoms with van der Waals surface area (Å²) in [5.41, 5.74) is 4.33. The molecule has 1 fully saturated rings. The highest BCUT2D eigenvalue weighted by Gasteiger charge is 2.49. The molecule has 1 saturated heterocycles. The number of hydrogen-bond donors (Lipinski definition) is 0. The number of carbonyl (C=O) groups excluding carboxylic acids is 1. The highest BCUT2D eigenvalue weighted by molar-refractivity contribution is 7.89. The van der Waals surface area contributed by atoms with Crippen molar-refractivity contribution in [3.8, 4) is 0 Å². The van der Waals surface area contributed by atoms with Gasteiger partial charge in [-0.15, -0.1) is 0 Å². The maximum atomic E-state index is 13.3. The monoisotopic (exact) mass is 413 g/mol. The fourth-order valence-electron chi connectivity index (χ4n) is 4.80. The lowest BCUT2D eigenvalue weighted by Gasteiger charge is -2.44. The first-order chi connectivity index (χ1) is 13.3. The number of allylic oxidation sites excluding steroid dienone is 1. The Labute approximate surface area is 172 Å². The van der Waals surface area contributed by atoms with Crippen molar-refractivity contribution >= 4 is 16.0 Å². The van der Waals surface area contributed by atoms with Gasteiger partial charge >= 0.3 is 5.97 Å². The van der Waals surface area contributed by atoms with Crippen LogP contribution in [0.25, 0.3) is 0 Å². The summed E-state index contributed by atoms with van der Waals surface area (Å²) >= 11 is 0. The molecule has 0 radical (unpaired) electrons. The summed E-state index contributed by atoms with van der Waals surface area (Å²) in [6, 6.07) is 6.94. The summed E-state index contributed by atoms with van der Waals surface area (Å²) in [7, 11) is -3.62. The predicted octanol–water partition coefficient (Wildman–Crippen LogP) is 3.91. The molecule has 0 bridgehead atoms. The third-order valence-electron chi connectivity index (χ3n) is 6.09. The summed E-state index contributed by atoms with van der Waals surface area (Å²) in [5, 5.41) is 0. The minimum atomic E-state index is -3.62. The number of hydrogen-bond acceptors (Lipinski definition) is 4. The Kier molecular flexibility index (Phi) is 4.27. The molecule has 0 unspecified atom stereocenters. The van der Waals surface area contributed by atoms with E-state index in [-0.39, 0.29) is 17.9 Å². The standard InChI is InChI=1S/C23H27NO4S/c1-14-7-9-17(10-8-14)29(26,27)24-12-16-11-22(3,4)19-15(2)21(25)28-23(5,6)20(19)18(16)13-24/h7-11H,12-13H2,1-6H3. The zero-order valence-electron chi connectivity index (χ0n) is 17.8. The van der Waals surface area contributed by atoms with Gasteiger partial charge in [0.2, 0.25) is 10.0 Å². The molecule has 0 N–H and O–H groups in total. The molecule has 0 amide bonds. The van der Waals surface area contributed by atoms with Gasteiger partial charge in [0, 0.05) is 29.7 Å². The van der Waals surface area contributed by atoms with Gasteiger partial charge in [0.25, 0.3) is 0 Å². The van der Waals surface area contributed by atoms with Gasteiger partial charge in [-0.1, -0.05) is 37.6 Å². The maximum Gasteiger partial charge on any atom is 0.334 e. The van der Waals surface area contributed by atoms with Crippen LogP contribution in [0.2, 0.25) is 0 Å². The molecular formula is C23H27NO4S. The van der Waals surface area contributed by atoms with Gasteiger partial charge in [-0.25, -0.2) is 13.2 Å². The van der Waals surface area contributed by atoms with Gasteiger partial charge in [0.1, 0.15) is 5.60 Å². The van der Waals surface area contributed by atoms with E-state index >= 15 is 0 Å². The second-order valence-corrected chi connectivity index (χ2v) is 11.2. The first kappa shape index (κ1) is 20.1. The number of esters is 1. The maximum absolute atomic E-state index is 13.3. The molecule has 3 aliphatic rings. The van der Waals surface area contributed by atoms with Crippen LogP contribution >= 0.6 is 0 Å². The molecule has 0 spiro atoms. The highest BCUT2D eigenvalue weighted by Crippen LogP contribution is 2.52. The van der Waals surface area contributed by atoms with Crippen molar-refractivity contribution < 1.29 is 17.9 Å². The molecule has 0 saturated carbocycles. The largest absolute Gasteiger partial charge is 0.451 e. The SMILES string of the molecule is CC1=C2C(=C3CN(S(=O)(=O)c4ccc(C)cc4)CC3=CC2(C)C)C(C)(C)OC1=O. The number of ether oxygens (including phenoxy) is 1. The third kappa shape index (κ3) is 3.01. The smallest absolute Gasteiger partial charge is 0.334 e. The normalized spacial score (nSPS) is 23.5. The molecule has 0 aromatic heterocycles. The van der Waals surface area contributed by atoms with E-state index < -0.39 is 15.6 Å². The van der Waals surface area contributed by atoms with E-state index in [0.717, 1.165) is 27.9 Å². The topological polar surface area (TPSA) is 63.7 Å². The van der Waals surface area contributed by atoms with Crippen molar-refractivity contribution in [1.29, 1.82) is 0 Å². The van der Waals surface area contributed by atoms with Crippen LogP contribution in [0, 0.1) is 12.3 Å². The number of nitrogens with zero attached hydrogens (tertiary/aromatic N) is 1. The van der Waals surface area contributed by atoms with Crippen LogP contribution in [0.3, 0.4) is 0 Å². The predicted molar refractivity (Wildman–Crippen MR) is 112 cm³/mol. The summed E-state index contributed by atoms with van der Waals surface area (Å²) in [4.78, 5) is 12.8. The molecule has 0 atom stereocenters. The molecule has 1 aliphatic carbocycles. The van der Waals surface area contributed by atoms with Crippen LogP contribution in [0.1, 0.15) is 40.2 Å². The number of fused-ring (bicyclic) bond motifs is 2. The number of aryl methyl sites for hydroxylation is 1. The fraction of sp³-hybridized carbons (Fsp3) is 0.435. The molecule has 4 rings (SSSR count). The van der Waals surface area contributed by atoms with Crippen LogP contribution in [0.5, 0.6) is 0 Å². The Morgan fingerprint density at radius 2 is 1.59 bits per heavy atom. The van der Waals surface area contributed by atoms with Gasteiger partial charge in [0.05, 0.1) is 4.90 Å². The van der Waals surface area contributed by atoms with E-state index in [1.807, 2.05) is 32.9 Å². The van der Waals surface area contributed by atoms with E-state index in [1.54, 1.807) is 19.1 Å². The summed E-state index contributed by atoms with van der Waals surface area (Å²) in [6.07, 6.45) is 2.12. The van der Waals surface area contributed by atoms with E-state index in [2.05, 4.69) is 19.9 Å². The Morgan fingerprint density at radius 1 is 0.966 bits per heavy atom. The van der Waals surface area contributed by atoms with Crippen LogP contribution in [-0.4, -0.2) is 37.4 Å². The molecule has 29 heavy (non-hydrogen) atoms. The average Bonchev–Trinajstić information content (AvgIpc) is 3.01. The molecule has 1 aromatic carbocycles. The van der Waals surface area contributed by atoms with E-state index in [0.29, 0.717) is 17.0 Å². The number of benzene rings is 1. The molecule has 6 heteroatoms. The number of carbonyl (C=O) groups is 1. The van der Waals surface area contributed by atoms with Crippen LogP contribution in [0.15, 0.2) is 63.1 Å². The average molecular weight is 414 g/mol. The van der Waals surface area contributed by atoms with Gasteiger partial charge in [-0.2, -0.15) is 4.31 Å². The van der Waals surface area contributed by atoms with Crippen molar-refractivity contribution in [1.82, 2.24) is 4.31 Å². The molecule has 5 nitrogen and oxygen atoms in total. The van der Waals surface area contributed by atoms with Crippen molar-refractivity contribution in [3.05, 3.63) is 63.8 Å². The molecule has 154 valence electrons. The minimum absolute atomic E-state index is 0.283. The van der Waals surface area contributed by atoms with Gasteiger partial charge in [0.15, 0.2) is 0 Å². The third-order valence-corrected chi connectivity index (χ3v) is 7.90. The van der Waals surface area contributed by atoms with Gasteiger partial charge < -0.3 is 4.74 Å². The minimum Gasteiger partial charge on any atom is -0.451 e. The lowest BCUT2D eigenvalue weighted by atomic mass is 9.66. The lowest BCUT2D eigenvalue weighted by Crippen LogP contribution is -2.42. The van der Waals surface area contributed by atoms with E-state index in [4.69, 9.17) is 4.74 Å². The fourth-order valence-corrected chi connectivity index (χ4v) is 6.18. The van der Waals surface area contributed by atoms with Crippen LogP contribution in [0.4, 0.5) is 0 Å². The molecular weight excluding hydrogens is 386 g/mol. The Bertz CT molecular complexity index is 1120. The van der Waals surface area contributed by atoms with Crippen molar-refractivity contribution in [2.75, 3.05) is 13.1 Å². The number of cyclic esters (lactones) is 1. The Morgan fingerprint density at radius 3 is 2.21 bits per heavy atom. The summed E-state index contributed by atoms with van der Waals surface area (Å²) in [5.74, 6) is -0.304. The van der Waals surface area contributed by atoms with Crippen LogP contribution < -0.4 is 0 Å². The zero-order chi connectivity index (χ0) is 21.4. The zero-order valence-corrected chi connectivity index (χ0v) is 18.6. The molecule has 1 aromatic rings. The first-order valence-corrected chi connectivity index (χ1v) is 11.3. The van der Waals surface area contributed by atoms with Crippen molar-refractivity contribution in [3.63, 3.8) is 0 Å². The van der Waals surface area contributed by atoms with Gasteiger partial charge in [-0.3, -0.25) is 0 Å². The van der Waals surface area contributed by atoms with Crippen LogP contribution in [-0.2, 0) is 19.6 Å². The quantitative estimate of drug-likeness (QED) is 0.690. The van der Waals surface area contributed by atoms with Crippen molar-refractivity contribution in [2.24, 2.45) is 5.41 Å². The lowest BCUT2D eigenvalue weighted by molar-refractivity contribution is -0.149. The summed E-state index contributed by atoms with van der Waals surface area (Å²) < 4.78 is 33.8. The second kappa shape index (κ2) is 6.16. The van der Waals surface area contributed by atoms with Crippen molar-refractivity contribution in [2.45, 2.75) is 52.0 Å². The number of sulfonamides is 1. The van der Waals surface area contributed by atoms with E-state index in [9.17, 15) is 13.2 Å².